The van der Waals surface area contributed by atoms with Crippen molar-refractivity contribution in [2.24, 2.45) is 0 Å². The number of nitrogens with one attached hydrogen (secondary N) is 1. The molecule has 1 fully saturated rings. The molecule has 3 aromatic carbocycles. The topological polar surface area (TPSA) is 116 Å². The van der Waals surface area contributed by atoms with E-state index in [0.29, 0.717) is 16.3 Å². The lowest BCUT2D eigenvalue weighted by Gasteiger charge is -2.31. The van der Waals surface area contributed by atoms with Crippen LogP contribution >= 0.6 is 11.6 Å². The standard InChI is InChI=1S/C28H25ClFN3O6/c1-39-22-4-2-3-19(15-22)28(38)33-14-13-32(27(37)18-5-9-20(29)10-6-18)26(33)25(36)31-23(16-24(34)35)17-7-11-21(30)12-8-17/h2-12,15,23,26H,13-14,16H2,1H3,(H,31,36)(H,34,35). The van der Waals surface area contributed by atoms with Crippen LogP contribution in [0.2, 0.25) is 5.02 Å². The minimum absolute atomic E-state index is 0.0492. The third-order valence-electron chi connectivity index (χ3n) is 6.30. The maximum absolute atomic E-state index is 13.7. The number of carbonyl (C=O) groups is 4. The van der Waals surface area contributed by atoms with E-state index in [1.807, 2.05) is 0 Å². The summed E-state index contributed by atoms with van der Waals surface area (Å²) in [5, 5.41) is 12.5. The second kappa shape index (κ2) is 12.0. The maximum Gasteiger partial charge on any atom is 0.305 e. The first-order valence-electron chi connectivity index (χ1n) is 12.0. The number of amides is 3. The lowest BCUT2D eigenvalue weighted by Crippen LogP contribution is -2.54. The Balaban J connectivity index is 1.68. The average Bonchev–Trinajstić information content (AvgIpc) is 3.38. The molecule has 0 saturated carbocycles. The molecule has 1 saturated heterocycles. The molecular formula is C28H25ClFN3O6. The number of aliphatic carboxylic acids is 1. The molecule has 3 amide bonds. The minimum Gasteiger partial charge on any atom is -0.497 e. The Morgan fingerprint density at radius 1 is 0.974 bits per heavy atom. The lowest BCUT2D eigenvalue weighted by molar-refractivity contribution is -0.138. The van der Waals surface area contributed by atoms with Crippen molar-refractivity contribution in [3.05, 3.63) is 100 Å². The molecule has 1 aliphatic heterocycles. The number of methoxy groups -OCH3 is 1. The summed E-state index contributed by atoms with van der Waals surface area (Å²) < 4.78 is 18.7. The number of carboxylic acids is 1. The number of halogens is 2. The molecule has 9 nitrogen and oxygen atoms in total. The molecule has 1 heterocycles. The number of carboxylic acid groups (broad SMARTS) is 1. The summed E-state index contributed by atoms with van der Waals surface area (Å²) in [7, 11) is 1.46. The number of rotatable bonds is 8. The highest BCUT2D eigenvalue weighted by Gasteiger charge is 2.44. The SMILES string of the molecule is COc1cccc(C(=O)N2CCN(C(=O)c3ccc(Cl)cc3)C2C(=O)NC(CC(=O)O)c2ccc(F)cc2)c1. The van der Waals surface area contributed by atoms with Crippen LogP contribution < -0.4 is 10.1 Å². The van der Waals surface area contributed by atoms with E-state index in [4.69, 9.17) is 16.3 Å². The van der Waals surface area contributed by atoms with Crippen LogP contribution in [0.3, 0.4) is 0 Å². The quantitative estimate of drug-likeness (QED) is 0.439. The second-order valence-corrected chi connectivity index (χ2v) is 9.26. The van der Waals surface area contributed by atoms with Crippen molar-refractivity contribution in [3.63, 3.8) is 0 Å². The predicted molar refractivity (Wildman–Crippen MR) is 140 cm³/mol. The third kappa shape index (κ3) is 6.35. The highest BCUT2D eigenvalue weighted by atomic mass is 35.5. The Labute approximate surface area is 228 Å². The van der Waals surface area contributed by atoms with E-state index < -0.39 is 48.1 Å². The molecule has 4 rings (SSSR count). The van der Waals surface area contributed by atoms with Gasteiger partial charge in [0.15, 0.2) is 6.17 Å². The molecule has 3 aromatic rings. The average molecular weight is 554 g/mol. The van der Waals surface area contributed by atoms with Gasteiger partial charge in [-0.25, -0.2) is 4.39 Å². The van der Waals surface area contributed by atoms with Crippen LogP contribution in [-0.2, 0) is 9.59 Å². The zero-order chi connectivity index (χ0) is 28.1. The number of nitrogens with zero attached hydrogens (tertiary/aromatic N) is 2. The van der Waals surface area contributed by atoms with E-state index >= 15 is 0 Å². The molecule has 39 heavy (non-hydrogen) atoms. The third-order valence-corrected chi connectivity index (χ3v) is 6.56. The van der Waals surface area contributed by atoms with Crippen LogP contribution in [-0.4, -0.2) is 65.0 Å². The molecular weight excluding hydrogens is 529 g/mol. The molecule has 2 atom stereocenters. The monoisotopic (exact) mass is 553 g/mol. The fourth-order valence-electron chi connectivity index (χ4n) is 4.38. The van der Waals surface area contributed by atoms with Gasteiger partial charge in [-0.15, -0.1) is 0 Å². The largest absolute Gasteiger partial charge is 0.497 e. The van der Waals surface area contributed by atoms with Gasteiger partial charge in [-0.1, -0.05) is 29.8 Å². The highest BCUT2D eigenvalue weighted by Crippen LogP contribution is 2.25. The molecule has 2 unspecified atom stereocenters. The van der Waals surface area contributed by atoms with Gasteiger partial charge in [0.2, 0.25) is 0 Å². The predicted octanol–water partition coefficient (Wildman–Crippen LogP) is 3.74. The van der Waals surface area contributed by atoms with Gasteiger partial charge in [-0.05, 0) is 60.2 Å². The first kappa shape index (κ1) is 27.6. The summed E-state index contributed by atoms with van der Waals surface area (Å²) in [5.41, 5.74) is 0.855. The fourth-order valence-corrected chi connectivity index (χ4v) is 4.51. The number of carbonyl (C=O) groups excluding carboxylic acids is 3. The van der Waals surface area contributed by atoms with Crippen molar-refractivity contribution in [1.82, 2.24) is 15.1 Å². The summed E-state index contributed by atoms with van der Waals surface area (Å²) in [6.07, 6.45) is -1.89. The van der Waals surface area contributed by atoms with Crippen molar-refractivity contribution in [2.75, 3.05) is 20.2 Å². The fraction of sp³-hybridized carbons (Fsp3) is 0.214. The first-order chi connectivity index (χ1) is 18.7. The molecule has 202 valence electrons. The maximum atomic E-state index is 13.7. The Morgan fingerprint density at radius 3 is 2.18 bits per heavy atom. The molecule has 1 aliphatic rings. The zero-order valence-corrected chi connectivity index (χ0v) is 21.6. The van der Waals surface area contributed by atoms with Crippen molar-refractivity contribution in [3.8, 4) is 5.75 Å². The van der Waals surface area contributed by atoms with E-state index in [2.05, 4.69) is 5.32 Å². The Hall–Kier alpha value is -4.44. The van der Waals surface area contributed by atoms with Crippen LogP contribution in [0.1, 0.15) is 38.7 Å². The molecule has 11 heteroatoms. The van der Waals surface area contributed by atoms with Gasteiger partial charge >= 0.3 is 5.97 Å². The normalized spacial score (nSPS) is 15.5. The van der Waals surface area contributed by atoms with Gasteiger partial charge in [-0.2, -0.15) is 0 Å². The Morgan fingerprint density at radius 2 is 1.59 bits per heavy atom. The van der Waals surface area contributed by atoms with Crippen molar-refractivity contribution in [2.45, 2.75) is 18.6 Å². The van der Waals surface area contributed by atoms with Gasteiger partial charge in [-0.3, -0.25) is 19.2 Å². The lowest BCUT2D eigenvalue weighted by atomic mass is 10.0. The van der Waals surface area contributed by atoms with E-state index in [1.165, 1.54) is 59.4 Å². The van der Waals surface area contributed by atoms with Gasteiger partial charge in [0.05, 0.1) is 19.6 Å². The number of hydrogen-bond donors (Lipinski definition) is 2. The molecule has 0 spiro atoms. The number of ether oxygens (including phenoxy) is 1. The second-order valence-electron chi connectivity index (χ2n) is 8.82. The summed E-state index contributed by atoms with van der Waals surface area (Å²) in [4.78, 5) is 54.8. The van der Waals surface area contributed by atoms with E-state index in [9.17, 15) is 28.7 Å². The van der Waals surface area contributed by atoms with Crippen molar-refractivity contribution in [1.29, 1.82) is 0 Å². The van der Waals surface area contributed by atoms with Crippen LogP contribution in [0.15, 0.2) is 72.8 Å². The summed E-state index contributed by atoms with van der Waals surface area (Å²) in [6.45, 7) is 0.100. The van der Waals surface area contributed by atoms with Crippen LogP contribution in [0.4, 0.5) is 4.39 Å². The number of hydrogen-bond acceptors (Lipinski definition) is 5. The zero-order valence-electron chi connectivity index (χ0n) is 20.8. The summed E-state index contributed by atoms with van der Waals surface area (Å²) in [6, 6.07) is 16.5. The Bertz CT molecular complexity index is 1380. The van der Waals surface area contributed by atoms with Crippen LogP contribution in [0.25, 0.3) is 0 Å². The van der Waals surface area contributed by atoms with Crippen LogP contribution in [0, 0.1) is 5.82 Å². The minimum atomic E-state index is -1.39. The van der Waals surface area contributed by atoms with Crippen molar-refractivity contribution >= 4 is 35.3 Å². The first-order valence-corrected chi connectivity index (χ1v) is 12.3. The Kier molecular flexibility index (Phi) is 8.46. The summed E-state index contributed by atoms with van der Waals surface area (Å²) >= 11 is 5.96. The van der Waals surface area contributed by atoms with E-state index in [-0.39, 0.29) is 24.2 Å². The molecule has 0 aliphatic carbocycles. The smallest absolute Gasteiger partial charge is 0.305 e. The molecule has 0 radical (unpaired) electrons. The highest BCUT2D eigenvalue weighted by molar-refractivity contribution is 6.30. The van der Waals surface area contributed by atoms with Gasteiger partial charge < -0.3 is 25.0 Å². The van der Waals surface area contributed by atoms with E-state index in [1.54, 1.807) is 18.2 Å². The van der Waals surface area contributed by atoms with E-state index in [0.717, 1.165) is 12.1 Å². The van der Waals surface area contributed by atoms with Gasteiger partial charge in [0.25, 0.3) is 17.7 Å². The van der Waals surface area contributed by atoms with Gasteiger partial charge in [0.1, 0.15) is 11.6 Å². The summed E-state index contributed by atoms with van der Waals surface area (Å²) in [5.74, 6) is -3.07. The molecule has 2 N–H and O–H groups in total. The van der Waals surface area contributed by atoms with Crippen LogP contribution in [0.5, 0.6) is 5.75 Å². The molecule has 0 aromatic heterocycles. The molecule has 0 bridgehead atoms. The van der Waals surface area contributed by atoms with Crippen molar-refractivity contribution < 1.29 is 33.4 Å². The number of benzene rings is 3. The van der Waals surface area contributed by atoms with Gasteiger partial charge in [0, 0.05) is 29.2 Å².